The van der Waals surface area contributed by atoms with E-state index >= 15 is 0 Å². The van der Waals surface area contributed by atoms with Gasteiger partial charge in [0.1, 0.15) is 0 Å². The number of rotatable bonds is 0. The average Bonchev–Trinajstić information content (AvgIpc) is 2.83. The van der Waals surface area contributed by atoms with Crippen molar-refractivity contribution in [1.29, 1.82) is 0 Å². The van der Waals surface area contributed by atoms with Crippen LogP contribution in [0.3, 0.4) is 0 Å². The van der Waals surface area contributed by atoms with Crippen molar-refractivity contribution in [1.82, 2.24) is 10.2 Å². The van der Waals surface area contributed by atoms with Gasteiger partial charge in [-0.1, -0.05) is 12.1 Å². The number of nitrogens with zero attached hydrogens (tertiary/aromatic N) is 1. The lowest BCUT2D eigenvalue weighted by Crippen LogP contribution is -2.46. The molecule has 0 bridgehead atoms. The zero-order chi connectivity index (χ0) is 13.8. The molecule has 2 aliphatic rings. The largest absolute Gasteiger partial charge is 0.417 e. The van der Waals surface area contributed by atoms with Crippen LogP contribution in [0, 0.1) is 0 Å². The minimum atomic E-state index is -4.50. The van der Waals surface area contributed by atoms with Crippen molar-refractivity contribution in [3.63, 3.8) is 0 Å². The van der Waals surface area contributed by atoms with Gasteiger partial charge in [0.25, 0.3) is 5.91 Å². The molecule has 3 nitrogen and oxygen atoms in total. The number of carbonyl (C=O) groups is 1. The third-order valence-electron chi connectivity index (χ3n) is 4.02. The molecule has 1 N–H and O–H groups in total. The van der Waals surface area contributed by atoms with Crippen molar-refractivity contribution < 1.29 is 18.0 Å². The van der Waals surface area contributed by atoms with E-state index in [1.165, 1.54) is 11.0 Å². The van der Waals surface area contributed by atoms with Crippen LogP contribution in [0.4, 0.5) is 13.2 Å². The van der Waals surface area contributed by atoms with E-state index in [4.69, 9.17) is 0 Å². The van der Waals surface area contributed by atoms with E-state index in [2.05, 4.69) is 5.32 Å². The van der Waals surface area contributed by atoms with E-state index in [-0.39, 0.29) is 17.5 Å². The number of carbonyl (C=O) groups excluding carboxylic acids is 1. The van der Waals surface area contributed by atoms with Crippen molar-refractivity contribution in [2.45, 2.75) is 18.1 Å². The van der Waals surface area contributed by atoms with Gasteiger partial charge in [0.15, 0.2) is 0 Å². The molecule has 3 rings (SSSR count). The molecule has 1 aromatic carbocycles. The molecule has 0 aromatic heterocycles. The van der Waals surface area contributed by atoms with Gasteiger partial charge in [-0.15, -0.1) is 0 Å². The van der Waals surface area contributed by atoms with Crippen molar-refractivity contribution in [2.75, 3.05) is 20.1 Å². The summed E-state index contributed by atoms with van der Waals surface area (Å²) in [5, 5.41) is 3.14. The molecular weight excluding hydrogens is 257 g/mol. The fraction of sp³-hybridized carbons (Fsp3) is 0.462. The first-order chi connectivity index (χ1) is 8.91. The van der Waals surface area contributed by atoms with Gasteiger partial charge in [-0.25, -0.2) is 0 Å². The van der Waals surface area contributed by atoms with Crippen LogP contribution in [-0.2, 0) is 6.18 Å². The predicted molar refractivity (Wildman–Crippen MR) is 62.9 cm³/mol. The number of hydrogen-bond acceptors (Lipinski definition) is 2. The molecule has 1 aromatic rings. The van der Waals surface area contributed by atoms with Crippen molar-refractivity contribution >= 4 is 5.91 Å². The van der Waals surface area contributed by atoms with Gasteiger partial charge in [-0.05, 0) is 11.6 Å². The van der Waals surface area contributed by atoms with Gasteiger partial charge < -0.3 is 10.2 Å². The van der Waals surface area contributed by atoms with E-state index in [0.29, 0.717) is 18.7 Å². The lowest BCUT2D eigenvalue weighted by Gasteiger charge is -2.36. The van der Waals surface area contributed by atoms with Crippen molar-refractivity contribution in [3.8, 4) is 0 Å². The molecule has 0 unspecified atom stereocenters. The molecule has 0 radical (unpaired) electrons. The number of nitrogens with one attached hydrogen (secondary N) is 1. The second-order valence-electron chi connectivity index (χ2n) is 5.02. The summed E-state index contributed by atoms with van der Waals surface area (Å²) in [6.07, 6.45) is -4.50. The second kappa shape index (κ2) is 3.96. The summed E-state index contributed by atoms with van der Waals surface area (Å²) in [5.74, 6) is -0.590. The molecule has 19 heavy (non-hydrogen) atoms. The molecule has 1 fully saturated rings. The summed E-state index contributed by atoms with van der Waals surface area (Å²) >= 11 is 0. The SMILES string of the molecule is CN1C(=O)c2c(cccc2C(F)(F)F)[C@H]2CNC[C@H]21. The quantitative estimate of drug-likeness (QED) is 0.780. The lowest BCUT2D eigenvalue weighted by molar-refractivity contribution is -0.138. The van der Waals surface area contributed by atoms with Crippen LogP contribution in [0.2, 0.25) is 0 Å². The van der Waals surface area contributed by atoms with Gasteiger partial charge in [0, 0.05) is 26.1 Å². The number of benzene rings is 1. The first-order valence-electron chi connectivity index (χ1n) is 6.09. The number of amides is 1. The summed E-state index contributed by atoms with van der Waals surface area (Å²) in [7, 11) is 1.57. The smallest absolute Gasteiger partial charge is 0.337 e. The van der Waals surface area contributed by atoms with Crippen molar-refractivity contribution in [2.24, 2.45) is 0 Å². The Kier molecular flexibility index (Phi) is 2.60. The van der Waals surface area contributed by atoms with E-state index in [1.807, 2.05) is 0 Å². The number of hydrogen-bond donors (Lipinski definition) is 1. The molecule has 6 heteroatoms. The fourth-order valence-electron chi connectivity index (χ4n) is 3.07. The topological polar surface area (TPSA) is 32.3 Å². The Hall–Kier alpha value is -1.56. The highest BCUT2D eigenvalue weighted by Crippen LogP contribution is 2.41. The van der Waals surface area contributed by atoms with Crippen LogP contribution in [0.5, 0.6) is 0 Å². The Morgan fingerprint density at radius 3 is 2.74 bits per heavy atom. The molecule has 2 atom stereocenters. The monoisotopic (exact) mass is 270 g/mol. The predicted octanol–water partition coefficient (Wildman–Crippen LogP) is 1.85. The molecule has 2 aliphatic heterocycles. The Balaban J connectivity index is 2.22. The van der Waals surface area contributed by atoms with Crippen LogP contribution in [0.15, 0.2) is 18.2 Å². The number of likely N-dealkylation sites (N-methyl/N-ethyl adjacent to an activating group) is 1. The average molecular weight is 270 g/mol. The van der Waals surface area contributed by atoms with Gasteiger partial charge in [0.2, 0.25) is 0 Å². The zero-order valence-corrected chi connectivity index (χ0v) is 10.3. The summed E-state index contributed by atoms with van der Waals surface area (Å²) < 4.78 is 39.1. The Morgan fingerprint density at radius 2 is 2.05 bits per heavy atom. The molecule has 1 amide bonds. The molecule has 0 aliphatic carbocycles. The first-order valence-corrected chi connectivity index (χ1v) is 6.09. The third kappa shape index (κ3) is 1.74. The Bertz CT molecular complexity index is 541. The maximum atomic E-state index is 13.0. The van der Waals surface area contributed by atoms with Gasteiger partial charge >= 0.3 is 6.18 Å². The number of halogens is 3. The summed E-state index contributed by atoms with van der Waals surface area (Å²) in [4.78, 5) is 13.7. The minimum Gasteiger partial charge on any atom is -0.337 e. The van der Waals surface area contributed by atoms with Crippen LogP contribution in [0.25, 0.3) is 0 Å². The number of alkyl halides is 3. The molecule has 0 saturated carbocycles. The normalized spacial score (nSPS) is 26.3. The summed E-state index contributed by atoms with van der Waals surface area (Å²) in [5.41, 5.74) is -0.484. The Labute approximate surface area is 108 Å². The molecule has 1 saturated heterocycles. The van der Waals surface area contributed by atoms with E-state index < -0.39 is 17.6 Å². The fourth-order valence-corrected chi connectivity index (χ4v) is 3.07. The van der Waals surface area contributed by atoms with E-state index in [0.717, 1.165) is 6.07 Å². The molecular formula is C13H13F3N2O. The molecule has 102 valence electrons. The number of fused-ring (bicyclic) bond motifs is 3. The van der Waals surface area contributed by atoms with Crippen LogP contribution >= 0.6 is 0 Å². The highest BCUT2D eigenvalue weighted by atomic mass is 19.4. The highest BCUT2D eigenvalue weighted by molar-refractivity contribution is 5.99. The lowest BCUT2D eigenvalue weighted by atomic mass is 9.83. The maximum Gasteiger partial charge on any atom is 0.417 e. The maximum absolute atomic E-state index is 13.0. The van der Waals surface area contributed by atoms with Crippen LogP contribution in [0.1, 0.15) is 27.4 Å². The molecule has 2 heterocycles. The van der Waals surface area contributed by atoms with Crippen LogP contribution < -0.4 is 5.32 Å². The first kappa shape index (κ1) is 12.5. The minimum absolute atomic E-state index is 0.0523. The van der Waals surface area contributed by atoms with E-state index in [1.54, 1.807) is 13.1 Å². The standard InChI is InChI=1S/C13H13F3N2O/c1-18-10-6-17-5-8(10)7-3-2-4-9(13(14,15)16)11(7)12(18)19/h2-4,8,10,17H,5-6H2,1H3/t8-,10-/m1/s1. The zero-order valence-electron chi connectivity index (χ0n) is 10.3. The second-order valence-corrected chi connectivity index (χ2v) is 5.02. The summed E-state index contributed by atoms with van der Waals surface area (Å²) in [6.45, 7) is 1.24. The highest BCUT2D eigenvalue weighted by Gasteiger charge is 2.45. The van der Waals surface area contributed by atoms with Crippen LogP contribution in [-0.4, -0.2) is 37.0 Å². The summed E-state index contributed by atoms with van der Waals surface area (Å²) in [6, 6.07) is 3.95. The third-order valence-corrected chi connectivity index (χ3v) is 4.02. The van der Waals surface area contributed by atoms with Gasteiger partial charge in [-0.3, -0.25) is 4.79 Å². The van der Waals surface area contributed by atoms with E-state index in [9.17, 15) is 18.0 Å². The van der Waals surface area contributed by atoms with Gasteiger partial charge in [-0.2, -0.15) is 13.2 Å². The Morgan fingerprint density at radius 1 is 1.32 bits per heavy atom. The molecule has 0 spiro atoms. The van der Waals surface area contributed by atoms with Crippen molar-refractivity contribution in [3.05, 3.63) is 34.9 Å². The van der Waals surface area contributed by atoms with Gasteiger partial charge in [0.05, 0.1) is 17.2 Å².